The number of benzene rings is 2. The largest absolute Gasteiger partial charge is 0.494 e. The van der Waals surface area contributed by atoms with E-state index in [1.54, 1.807) is 7.11 Å². The highest BCUT2D eigenvalue weighted by molar-refractivity contribution is 5.95. The molecule has 1 fully saturated rings. The first-order valence-electron chi connectivity index (χ1n) is 14.8. The molecule has 1 aliphatic carbocycles. The maximum atomic E-state index is 13.6. The zero-order chi connectivity index (χ0) is 28.7. The number of nitrogens with zero attached hydrogens (tertiary/aromatic N) is 1. The summed E-state index contributed by atoms with van der Waals surface area (Å²) in [6.07, 6.45) is 5.15. The summed E-state index contributed by atoms with van der Waals surface area (Å²) in [5.41, 5.74) is 3.92. The molecule has 1 amide bonds. The van der Waals surface area contributed by atoms with Gasteiger partial charge in [0.25, 0.3) is 5.91 Å². The van der Waals surface area contributed by atoms with E-state index in [-0.39, 0.29) is 11.4 Å². The lowest BCUT2D eigenvalue weighted by molar-refractivity contribution is 0.0818. The molecule has 1 aromatic heterocycles. The van der Waals surface area contributed by atoms with E-state index in [1.807, 2.05) is 48.5 Å². The number of aliphatic hydroxyl groups excluding tert-OH is 1. The molecular weight excluding hydrogens is 520 g/mol. The monoisotopic (exact) mass is 562 g/mol. The van der Waals surface area contributed by atoms with Crippen molar-refractivity contribution < 1.29 is 23.9 Å². The van der Waals surface area contributed by atoms with Gasteiger partial charge in [-0.3, -0.25) is 4.79 Å². The highest BCUT2D eigenvalue weighted by Crippen LogP contribution is 2.45. The Hall–Kier alpha value is -3.40. The molecule has 2 aliphatic rings. The lowest BCUT2D eigenvalue weighted by Crippen LogP contribution is -2.50. The SMILES string of the molecule is CCCc1cc(C2(NC[C@@H](O)[C@@H]3Cc4cccc(c4)OCCCCNc4cc(COC)cc(c4)C(=O)N3)CC2)on1. The zero-order valence-electron chi connectivity index (χ0n) is 24.1. The summed E-state index contributed by atoms with van der Waals surface area (Å²) in [5, 5.41) is 25.8. The minimum Gasteiger partial charge on any atom is -0.494 e. The Morgan fingerprint density at radius 1 is 1.20 bits per heavy atom. The molecule has 4 N–H and O–H groups in total. The van der Waals surface area contributed by atoms with Crippen molar-refractivity contribution in [1.82, 2.24) is 15.8 Å². The first-order chi connectivity index (χ1) is 20.0. The van der Waals surface area contributed by atoms with Gasteiger partial charge in [0.1, 0.15) is 5.75 Å². The molecule has 2 heterocycles. The van der Waals surface area contributed by atoms with Gasteiger partial charge in [-0.05, 0) is 80.0 Å². The Kier molecular flexibility index (Phi) is 9.59. The van der Waals surface area contributed by atoms with Gasteiger partial charge in [-0.25, -0.2) is 0 Å². The van der Waals surface area contributed by atoms with Crippen LogP contribution in [-0.2, 0) is 29.7 Å². The van der Waals surface area contributed by atoms with E-state index in [2.05, 4.69) is 28.0 Å². The Morgan fingerprint density at radius 2 is 2.07 bits per heavy atom. The summed E-state index contributed by atoms with van der Waals surface area (Å²) in [6.45, 7) is 4.20. The average Bonchev–Trinajstić information content (AvgIpc) is 3.61. The second-order valence-electron chi connectivity index (χ2n) is 11.2. The second kappa shape index (κ2) is 13.5. The Balaban J connectivity index is 1.36. The minimum absolute atomic E-state index is 0.241. The third kappa shape index (κ3) is 7.67. The molecule has 0 radical (unpaired) electrons. The fourth-order valence-electron chi connectivity index (χ4n) is 5.36. The molecule has 1 saturated carbocycles. The van der Waals surface area contributed by atoms with Gasteiger partial charge in [0, 0.05) is 37.5 Å². The van der Waals surface area contributed by atoms with Gasteiger partial charge in [-0.1, -0.05) is 30.6 Å². The van der Waals surface area contributed by atoms with Crippen molar-refractivity contribution in [3.63, 3.8) is 0 Å². The topological polar surface area (TPSA) is 118 Å². The van der Waals surface area contributed by atoms with Crippen LogP contribution >= 0.6 is 0 Å². The lowest BCUT2D eigenvalue weighted by Gasteiger charge is -2.27. The predicted molar refractivity (Wildman–Crippen MR) is 157 cm³/mol. The van der Waals surface area contributed by atoms with Gasteiger partial charge < -0.3 is 35.1 Å². The zero-order valence-corrected chi connectivity index (χ0v) is 24.1. The van der Waals surface area contributed by atoms with E-state index in [4.69, 9.17) is 14.0 Å². The number of aromatic nitrogens is 1. The third-order valence-corrected chi connectivity index (χ3v) is 7.81. The lowest BCUT2D eigenvalue weighted by atomic mass is 9.99. The van der Waals surface area contributed by atoms with Crippen LogP contribution in [0.5, 0.6) is 5.75 Å². The summed E-state index contributed by atoms with van der Waals surface area (Å²) in [5.74, 6) is 1.37. The van der Waals surface area contributed by atoms with Gasteiger partial charge >= 0.3 is 0 Å². The summed E-state index contributed by atoms with van der Waals surface area (Å²) in [4.78, 5) is 13.6. The Labute approximate surface area is 242 Å². The number of methoxy groups -OCH3 is 1. The number of carbonyl (C=O) groups is 1. The fourth-order valence-corrected chi connectivity index (χ4v) is 5.36. The molecule has 41 heavy (non-hydrogen) atoms. The maximum absolute atomic E-state index is 13.6. The quantitative estimate of drug-likeness (QED) is 0.304. The normalized spacial score (nSPS) is 19.5. The van der Waals surface area contributed by atoms with Crippen LogP contribution in [0.25, 0.3) is 0 Å². The molecule has 9 heteroatoms. The second-order valence-corrected chi connectivity index (χ2v) is 11.2. The molecule has 0 saturated heterocycles. The van der Waals surface area contributed by atoms with Crippen molar-refractivity contribution in [2.24, 2.45) is 0 Å². The number of ether oxygens (including phenoxy) is 2. The predicted octanol–water partition coefficient (Wildman–Crippen LogP) is 4.34. The summed E-state index contributed by atoms with van der Waals surface area (Å²) >= 11 is 0. The Bertz CT molecular complexity index is 1300. The van der Waals surface area contributed by atoms with Crippen LogP contribution in [0.15, 0.2) is 53.1 Å². The number of fused-ring (bicyclic) bond motifs is 4. The van der Waals surface area contributed by atoms with Crippen LogP contribution in [0.4, 0.5) is 5.69 Å². The molecular formula is C32H42N4O5. The number of nitrogens with one attached hydrogen (secondary N) is 3. The van der Waals surface area contributed by atoms with E-state index < -0.39 is 12.1 Å². The maximum Gasteiger partial charge on any atom is 0.251 e. The van der Waals surface area contributed by atoms with E-state index in [1.165, 1.54) is 0 Å². The number of aliphatic hydroxyl groups is 1. The molecule has 5 rings (SSSR count). The van der Waals surface area contributed by atoms with E-state index in [0.717, 1.165) is 79.1 Å². The number of amides is 1. The first-order valence-corrected chi connectivity index (χ1v) is 14.8. The molecule has 0 unspecified atom stereocenters. The molecule has 4 bridgehead atoms. The molecule has 9 nitrogen and oxygen atoms in total. The van der Waals surface area contributed by atoms with Gasteiger partial charge in [0.05, 0.1) is 36.6 Å². The molecule has 0 spiro atoms. The fraction of sp³-hybridized carbons (Fsp3) is 0.500. The summed E-state index contributed by atoms with van der Waals surface area (Å²) in [6, 6.07) is 15.1. The molecule has 1 aliphatic heterocycles. The Morgan fingerprint density at radius 3 is 2.88 bits per heavy atom. The van der Waals surface area contributed by atoms with Crippen LogP contribution in [0.1, 0.15) is 72.0 Å². The number of hydrogen-bond donors (Lipinski definition) is 4. The number of rotatable bonds is 9. The summed E-state index contributed by atoms with van der Waals surface area (Å²) < 4.78 is 17.0. The van der Waals surface area contributed by atoms with E-state index in [9.17, 15) is 9.90 Å². The third-order valence-electron chi connectivity index (χ3n) is 7.81. The van der Waals surface area contributed by atoms with E-state index >= 15 is 0 Å². The van der Waals surface area contributed by atoms with Crippen LogP contribution in [0.2, 0.25) is 0 Å². The van der Waals surface area contributed by atoms with Crippen molar-refractivity contribution in [2.45, 2.75) is 76.2 Å². The molecule has 220 valence electrons. The van der Waals surface area contributed by atoms with Crippen molar-refractivity contribution in [1.29, 1.82) is 0 Å². The van der Waals surface area contributed by atoms with E-state index in [0.29, 0.717) is 31.7 Å². The van der Waals surface area contributed by atoms with Crippen molar-refractivity contribution in [3.8, 4) is 5.75 Å². The summed E-state index contributed by atoms with van der Waals surface area (Å²) in [7, 11) is 1.64. The highest BCUT2D eigenvalue weighted by Gasteiger charge is 2.48. The van der Waals surface area contributed by atoms with Gasteiger partial charge in [0.15, 0.2) is 5.76 Å². The highest BCUT2D eigenvalue weighted by atomic mass is 16.5. The number of aryl methyl sites for hydroxylation is 1. The first kappa shape index (κ1) is 29.1. The molecule has 3 aromatic rings. The van der Waals surface area contributed by atoms with Crippen LogP contribution in [0, 0.1) is 0 Å². The average molecular weight is 563 g/mol. The number of hydrogen-bond acceptors (Lipinski definition) is 8. The van der Waals surface area contributed by atoms with Crippen molar-refractivity contribution in [3.05, 3.63) is 76.7 Å². The van der Waals surface area contributed by atoms with Gasteiger partial charge in [0.2, 0.25) is 0 Å². The van der Waals surface area contributed by atoms with Crippen LogP contribution < -0.4 is 20.7 Å². The van der Waals surface area contributed by atoms with Crippen LogP contribution in [0.3, 0.4) is 0 Å². The van der Waals surface area contributed by atoms with Gasteiger partial charge in [-0.15, -0.1) is 0 Å². The number of carbonyl (C=O) groups excluding carboxylic acids is 1. The molecule has 2 aromatic carbocycles. The van der Waals surface area contributed by atoms with Crippen molar-refractivity contribution >= 4 is 11.6 Å². The smallest absolute Gasteiger partial charge is 0.251 e. The van der Waals surface area contributed by atoms with Gasteiger partial charge in [-0.2, -0.15) is 0 Å². The number of anilines is 1. The van der Waals surface area contributed by atoms with Crippen molar-refractivity contribution in [2.75, 3.05) is 32.1 Å². The minimum atomic E-state index is -0.849. The standard InChI is InChI=1S/C32H42N4O5/c1-3-7-25-19-30(41-36-25)32(10-11-32)34-20-29(37)28-17-22-8-6-9-27(16-22)40-13-5-4-12-33-26-15-23(21-39-2)14-24(18-26)31(38)35-28/h6,8-9,14-16,18-19,28-29,33-34,37H,3-5,7,10-13,17,20-21H2,1-2H3,(H,35,38)/t28-,29+/m0/s1. The van der Waals surface area contributed by atoms with Crippen LogP contribution in [-0.4, -0.2) is 55.1 Å². The molecule has 2 atom stereocenters.